The molecular formula is C21H25F3N4O3. The maximum absolute atomic E-state index is 12.7. The number of piperidine rings is 1. The van der Waals surface area contributed by atoms with Crippen molar-refractivity contribution in [3.8, 4) is 5.75 Å². The molecule has 1 N–H and O–H groups in total. The van der Waals surface area contributed by atoms with E-state index in [0.717, 1.165) is 24.4 Å². The number of likely N-dealkylation sites (tertiary alicyclic amines) is 1. The molecule has 2 heterocycles. The minimum Gasteiger partial charge on any atom is -0.406 e. The van der Waals surface area contributed by atoms with Crippen molar-refractivity contribution in [2.75, 3.05) is 13.1 Å². The molecule has 1 aromatic heterocycles. The van der Waals surface area contributed by atoms with Crippen LogP contribution in [0.4, 0.5) is 13.2 Å². The van der Waals surface area contributed by atoms with Gasteiger partial charge in [0.05, 0.1) is 0 Å². The number of halogens is 3. The van der Waals surface area contributed by atoms with E-state index >= 15 is 0 Å². The fourth-order valence-corrected chi connectivity index (χ4v) is 3.92. The standard InChI is InChI=1S/C21H25F3N4O3/c1-13-19(26-14(2)28(13)17-8-10-27(11-9-17)15(3)29)20(30)25-12-16-4-6-18(7-5-16)31-21(22,23)24/h4-7,17H,8-12H2,1-3H3,(H,25,30). The van der Waals surface area contributed by atoms with Gasteiger partial charge in [-0.25, -0.2) is 4.98 Å². The Morgan fingerprint density at radius 1 is 1.16 bits per heavy atom. The van der Waals surface area contributed by atoms with Gasteiger partial charge >= 0.3 is 6.36 Å². The predicted octanol–water partition coefficient (Wildman–Crippen LogP) is 3.51. The number of aromatic nitrogens is 2. The topological polar surface area (TPSA) is 76.5 Å². The molecule has 0 spiro atoms. The highest BCUT2D eigenvalue weighted by molar-refractivity contribution is 5.93. The molecule has 168 valence electrons. The summed E-state index contributed by atoms with van der Waals surface area (Å²) in [5, 5.41) is 2.76. The molecule has 0 radical (unpaired) electrons. The van der Waals surface area contributed by atoms with Crippen molar-refractivity contribution in [3.63, 3.8) is 0 Å². The molecule has 31 heavy (non-hydrogen) atoms. The van der Waals surface area contributed by atoms with Crippen molar-refractivity contribution < 1.29 is 27.5 Å². The SMILES string of the molecule is CC(=O)N1CCC(n2c(C)nc(C(=O)NCc3ccc(OC(F)(F)F)cc3)c2C)CC1. The Hall–Kier alpha value is -3.04. The number of nitrogens with zero attached hydrogens (tertiary/aromatic N) is 3. The molecule has 2 amide bonds. The molecule has 0 unspecified atom stereocenters. The second-order valence-electron chi connectivity index (χ2n) is 7.57. The summed E-state index contributed by atoms with van der Waals surface area (Å²) in [6.45, 7) is 6.75. The lowest BCUT2D eigenvalue weighted by atomic mass is 10.0. The fraction of sp³-hybridized carbons (Fsp3) is 0.476. The molecule has 3 rings (SSSR count). The maximum Gasteiger partial charge on any atom is 0.573 e. The van der Waals surface area contributed by atoms with Crippen LogP contribution in [-0.4, -0.2) is 45.7 Å². The molecule has 10 heteroatoms. The van der Waals surface area contributed by atoms with Crippen molar-refractivity contribution in [1.82, 2.24) is 19.8 Å². The first-order chi connectivity index (χ1) is 14.5. The van der Waals surface area contributed by atoms with Crippen LogP contribution >= 0.6 is 0 Å². The Kier molecular flexibility index (Phi) is 6.56. The second kappa shape index (κ2) is 8.99. The third-order valence-electron chi connectivity index (χ3n) is 5.43. The molecule has 0 aliphatic carbocycles. The highest BCUT2D eigenvalue weighted by Crippen LogP contribution is 2.27. The Balaban J connectivity index is 1.62. The number of carbonyl (C=O) groups is 2. The van der Waals surface area contributed by atoms with Crippen molar-refractivity contribution in [3.05, 3.63) is 47.0 Å². The van der Waals surface area contributed by atoms with Crippen molar-refractivity contribution in [2.45, 2.75) is 52.6 Å². The van der Waals surface area contributed by atoms with Gasteiger partial charge < -0.3 is 19.5 Å². The van der Waals surface area contributed by atoms with E-state index in [1.54, 1.807) is 6.92 Å². The van der Waals surface area contributed by atoms with E-state index in [4.69, 9.17) is 0 Å². The summed E-state index contributed by atoms with van der Waals surface area (Å²) >= 11 is 0. The van der Waals surface area contributed by atoms with Gasteiger partial charge in [0.1, 0.15) is 17.3 Å². The maximum atomic E-state index is 12.7. The smallest absolute Gasteiger partial charge is 0.406 e. The van der Waals surface area contributed by atoms with E-state index in [0.29, 0.717) is 24.3 Å². The van der Waals surface area contributed by atoms with Gasteiger partial charge in [-0.05, 0) is 44.4 Å². The Bertz CT molecular complexity index is 946. The fourth-order valence-electron chi connectivity index (χ4n) is 3.92. The van der Waals surface area contributed by atoms with Crippen LogP contribution in [0.2, 0.25) is 0 Å². The molecular weight excluding hydrogens is 413 g/mol. The summed E-state index contributed by atoms with van der Waals surface area (Å²) in [6.07, 6.45) is -3.15. The zero-order chi connectivity index (χ0) is 22.8. The number of rotatable bonds is 5. The number of benzene rings is 1. The summed E-state index contributed by atoms with van der Waals surface area (Å²) in [5.41, 5.74) is 1.71. The molecule has 1 saturated heterocycles. The van der Waals surface area contributed by atoms with Crippen LogP contribution in [0.25, 0.3) is 0 Å². The minimum atomic E-state index is -4.74. The Morgan fingerprint density at radius 2 is 1.77 bits per heavy atom. The molecule has 1 aliphatic rings. The van der Waals surface area contributed by atoms with Crippen molar-refractivity contribution in [2.24, 2.45) is 0 Å². The van der Waals surface area contributed by atoms with Gasteiger partial charge in [0, 0.05) is 38.3 Å². The van der Waals surface area contributed by atoms with Gasteiger partial charge in [-0.15, -0.1) is 13.2 Å². The van der Waals surface area contributed by atoms with Crippen LogP contribution in [-0.2, 0) is 11.3 Å². The number of nitrogens with one attached hydrogen (secondary N) is 1. The van der Waals surface area contributed by atoms with Gasteiger partial charge in [0.2, 0.25) is 5.91 Å². The van der Waals surface area contributed by atoms with Gasteiger partial charge in [0.15, 0.2) is 0 Å². The highest BCUT2D eigenvalue weighted by Gasteiger charge is 2.31. The zero-order valence-corrected chi connectivity index (χ0v) is 17.6. The summed E-state index contributed by atoms with van der Waals surface area (Å²) in [6, 6.07) is 5.49. The Labute approximate surface area is 178 Å². The molecule has 7 nitrogen and oxygen atoms in total. The number of imidazole rings is 1. The summed E-state index contributed by atoms with van der Waals surface area (Å²) in [4.78, 5) is 30.5. The van der Waals surface area contributed by atoms with Crippen molar-refractivity contribution in [1.29, 1.82) is 0 Å². The molecule has 0 bridgehead atoms. The number of carbonyl (C=O) groups excluding carboxylic acids is 2. The monoisotopic (exact) mass is 438 g/mol. The van der Waals surface area contributed by atoms with E-state index in [9.17, 15) is 22.8 Å². The number of alkyl halides is 3. The Morgan fingerprint density at radius 3 is 2.32 bits per heavy atom. The van der Waals surface area contributed by atoms with Gasteiger partial charge in [-0.3, -0.25) is 9.59 Å². The lowest BCUT2D eigenvalue weighted by Crippen LogP contribution is -2.38. The average Bonchev–Trinajstić information content (AvgIpc) is 3.00. The van der Waals surface area contributed by atoms with Crippen LogP contribution in [0.15, 0.2) is 24.3 Å². The first-order valence-electron chi connectivity index (χ1n) is 9.99. The van der Waals surface area contributed by atoms with Crippen LogP contribution in [0.1, 0.15) is 53.4 Å². The molecule has 2 aromatic rings. The third-order valence-corrected chi connectivity index (χ3v) is 5.43. The molecule has 0 saturated carbocycles. The summed E-state index contributed by atoms with van der Waals surface area (Å²) in [7, 11) is 0. The van der Waals surface area contributed by atoms with E-state index in [2.05, 4.69) is 19.6 Å². The number of hydrogen-bond acceptors (Lipinski definition) is 4. The van der Waals surface area contributed by atoms with Crippen LogP contribution < -0.4 is 10.1 Å². The van der Waals surface area contributed by atoms with E-state index in [1.807, 2.05) is 18.7 Å². The third kappa shape index (κ3) is 5.56. The molecule has 1 aliphatic heterocycles. The van der Waals surface area contributed by atoms with Gasteiger partial charge in [-0.2, -0.15) is 0 Å². The molecule has 0 atom stereocenters. The second-order valence-corrected chi connectivity index (χ2v) is 7.57. The van der Waals surface area contributed by atoms with Crippen molar-refractivity contribution >= 4 is 11.8 Å². The molecule has 1 aromatic carbocycles. The average molecular weight is 438 g/mol. The summed E-state index contributed by atoms with van der Waals surface area (Å²) in [5.74, 6) is 0.132. The van der Waals surface area contributed by atoms with Crippen LogP contribution in [0, 0.1) is 13.8 Å². The lowest BCUT2D eigenvalue weighted by Gasteiger charge is -2.33. The number of hydrogen-bond donors (Lipinski definition) is 1. The minimum absolute atomic E-state index is 0.0654. The van der Waals surface area contributed by atoms with E-state index < -0.39 is 6.36 Å². The largest absolute Gasteiger partial charge is 0.573 e. The first kappa shape index (κ1) is 22.6. The normalized spacial score (nSPS) is 15.1. The zero-order valence-electron chi connectivity index (χ0n) is 17.6. The number of aryl methyl sites for hydroxylation is 1. The molecule has 1 fully saturated rings. The van der Waals surface area contributed by atoms with E-state index in [-0.39, 0.29) is 30.2 Å². The quantitative estimate of drug-likeness (QED) is 0.775. The number of ether oxygens (including phenoxy) is 1. The highest BCUT2D eigenvalue weighted by atomic mass is 19.4. The van der Waals surface area contributed by atoms with E-state index in [1.165, 1.54) is 24.3 Å². The van der Waals surface area contributed by atoms with Crippen LogP contribution in [0.5, 0.6) is 5.75 Å². The predicted molar refractivity (Wildman–Crippen MR) is 107 cm³/mol. The first-order valence-corrected chi connectivity index (χ1v) is 9.99. The van der Waals surface area contributed by atoms with Crippen LogP contribution in [0.3, 0.4) is 0 Å². The summed E-state index contributed by atoms with van der Waals surface area (Å²) < 4.78 is 42.6. The lowest BCUT2D eigenvalue weighted by molar-refractivity contribution is -0.274. The van der Waals surface area contributed by atoms with Gasteiger partial charge in [0.25, 0.3) is 5.91 Å². The van der Waals surface area contributed by atoms with Gasteiger partial charge in [-0.1, -0.05) is 12.1 Å². The number of amides is 2.